The predicted octanol–water partition coefficient (Wildman–Crippen LogP) is 5.11. The third-order valence-corrected chi connectivity index (χ3v) is 7.30. The van der Waals surface area contributed by atoms with Crippen molar-refractivity contribution in [2.24, 2.45) is 0 Å². The Morgan fingerprint density at radius 3 is 2.31 bits per heavy atom. The van der Waals surface area contributed by atoms with Gasteiger partial charge in [-0.1, -0.05) is 44.2 Å². The van der Waals surface area contributed by atoms with Gasteiger partial charge < -0.3 is 14.8 Å². The fourth-order valence-electron chi connectivity index (χ4n) is 3.71. The maximum atomic E-state index is 14.8. The van der Waals surface area contributed by atoms with Crippen molar-refractivity contribution >= 4 is 27.3 Å². The highest BCUT2D eigenvalue weighted by Gasteiger charge is 2.30. The Hall–Kier alpha value is -3.59. The Morgan fingerprint density at radius 2 is 1.69 bits per heavy atom. The van der Waals surface area contributed by atoms with Crippen LogP contribution < -0.4 is 19.1 Å². The highest BCUT2D eigenvalue weighted by atomic mass is 32.2. The second-order valence-electron chi connectivity index (χ2n) is 8.22. The molecule has 0 aromatic heterocycles. The molecule has 0 radical (unpaired) electrons. The Morgan fingerprint density at radius 1 is 1.00 bits per heavy atom. The Labute approximate surface area is 205 Å². The third kappa shape index (κ3) is 5.57. The van der Waals surface area contributed by atoms with Gasteiger partial charge in [0.2, 0.25) is 5.91 Å². The summed E-state index contributed by atoms with van der Waals surface area (Å²) in [6.07, 6.45) is 0. The molecular weight excluding hydrogens is 471 g/mol. The van der Waals surface area contributed by atoms with Gasteiger partial charge in [-0.05, 0) is 48.2 Å². The third-order valence-electron chi connectivity index (χ3n) is 5.54. The van der Waals surface area contributed by atoms with Gasteiger partial charge in [-0.2, -0.15) is 0 Å². The highest BCUT2D eigenvalue weighted by Crippen LogP contribution is 2.33. The SMILES string of the molecule is COc1ccc(S(=O)(=O)N(CC(=O)Nc2c(C)cccc2C(C)C)c2ccccc2F)cc1OC. The molecule has 3 aromatic carbocycles. The molecule has 0 heterocycles. The zero-order chi connectivity index (χ0) is 25.8. The van der Waals surface area contributed by atoms with E-state index in [1.807, 2.05) is 39.0 Å². The van der Waals surface area contributed by atoms with E-state index in [0.29, 0.717) is 11.4 Å². The van der Waals surface area contributed by atoms with E-state index in [-0.39, 0.29) is 22.3 Å². The lowest BCUT2D eigenvalue weighted by Gasteiger charge is -2.25. The molecule has 0 spiro atoms. The summed E-state index contributed by atoms with van der Waals surface area (Å²) in [5, 5.41) is 2.83. The molecular formula is C26H29FN2O5S. The van der Waals surface area contributed by atoms with Crippen molar-refractivity contribution in [1.82, 2.24) is 0 Å². The van der Waals surface area contributed by atoms with Crippen LogP contribution >= 0.6 is 0 Å². The number of benzene rings is 3. The molecule has 0 aliphatic heterocycles. The molecule has 0 aliphatic carbocycles. The molecule has 1 N–H and O–H groups in total. The molecule has 0 bridgehead atoms. The fourth-order valence-corrected chi connectivity index (χ4v) is 5.15. The van der Waals surface area contributed by atoms with E-state index in [9.17, 15) is 17.6 Å². The summed E-state index contributed by atoms with van der Waals surface area (Å²) in [6, 6.07) is 15.1. The molecule has 0 saturated carbocycles. The van der Waals surface area contributed by atoms with Gasteiger partial charge in [-0.15, -0.1) is 0 Å². The first-order valence-electron chi connectivity index (χ1n) is 11.0. The van der Waals surface area contributed by atoms with Crippen molar-refractivity contribution in [1.29, 1.82) is 0 Å². The number of hydrogen-bond acceptors (Lipinski definition) is 5. The van der Waals surface area contributed by atoms with Crippen molar-refractivity contribution in [3.63, 3.8) is 0 Å². The maximum Gasteiger partial charge on any atom is 0.265 e. The standard InChI is InChI=1S/C26H29FN2O5S/c1-17(2)20-10-8-9-18(3)26(20)28-25(30)16-29(22-12-7-6-11-21(22)27)35(31,32)19-13-14-23(33-4)24(15-19)34-5/h6-15,17H,16H2,1-5H3,(H,28,30). The summed E-state index contributed by atoms with van der Waals surface area (Å²) >= 11 is 0. The Balaban J connectivity index is 2.04. The zero-order valence-electron chi connectivity index (χ0n) is 20.3. The van der Waals surface area contributed by atoms with Gasteiger partial charge in [-0.3, -0.25) is 9.10 Å². The summed E-state index contributed by atoms with van der Waals surface area (Å²) in [7, 11) is -1.55. The number of halogens is 1. The van der Waals surface area contributed by atoms with Gasteiger partial charge in [-0.25, -0.2) is 12.8 Å². The minimum Gasteiger partial charge on any atom is -0.493 e. The molecule has 0 unspecified atom stereocenters. The predicted molar refractivity (Wildman–Crippen MR) is 134 cm³/mol. The number of aryl methyl sites for hydroxylation is 1. The lowest BCUT2D eigenvalue weighted by molar-refractivity contribution is -0.114. The van der Waals surface area contributed by atoms with E-state index in [4.69, 9.17) is 9.47 Å². The lowest BCUT2D eigenvalue weighted by atomic mass is 9.98. The first-order valence-corrected chi connectivity index (χ1v) is 12.4. The number of nitrogens with one attached hydrogen (secondary N) is 1. The second-order valence-corrected chi connectivity index (χ2v) is 10.1. The smallest absolute Gasteiger partial charge is 0.265 e. The van der Waals surface area contributed by atoms with Crippen LogP contribution in [0, 0.1) is 12.7 Å². The van der Waals surface area contributed by atoms with Crippen molar-refractivity contribution in [2.75, 3.05) is 30.4 Å². The molecule has 0 fully saturated rings. The number of rotatable bonds is 9. The lowest BCUT2D eigenvalue weighted by Crippen LogP contribution is -2.39. The van der Waals surface area contributed by atoms with E-state index in [2.05, 4.69) is 5.32 Å². The monoisotopic (exact) mass is 500 g/mol. The molecule has 9 heteroatoms. The number of carbonyl (C=O) groups is 1. The zero-order valence-corrected chi connectivity index (χ0v) is 21.1. The van der Waals surface area contributed by atoms with Crippen LogP contribution in [0.25, 0.3) is 0 Å². The first-order chi connectivity index (χ1) is 16.6. The van der Waals surface area contributed by atoms with Gasteiger partial charge in [0.1, 0.15) is 12.4 Å². The summed E-state index contributed by atoms with van der Waals surface area (Å²) in [4.78, 5) is 13.0. The van der Waals surface area contributed by atoms with Crippen LogP contribution in [-0.2, 0) is 14.8 Å². The molecule has 186 valence electrons. The van der Waals surface area contributed by atoms with Crippen LogP contribution in [-0.4, -0.2) is 35.1 Å². The number of anilines is 2. The number of amides is 1. The van der Waals surface area contributed by atoms with Crippen LogP contribution in [0.15, 0.2) is 65.6 Å². The first kappa shape index (κ1) is 26.0. The van der Waals surface area contributed by atoms with Gasteiger partial charge in [0.25, 0.3) is 10.0 Å². The number of sulfonamides is 1. The Kier molecular flexibility index (Phi) is 8.01. The molecule has 0 saturated heterocycles. The number of methoxy groups -OCH3 is 2. The van der Waals surface area contributed by atoms with E-state index in [1.165, 1.54) is 50.6 Å². The average molecular weight is 501 g/mol. The molecule has 3 rings (SSSR count). The minimum absolute atomic E-state index is 0.128. The van der Waals surface area contributed by atoms with E-state index < -0.39 is 28.3 Å². The molecule has 0 atom stereocenters. The van der Waals surface area contributed by atoms with E-state index >= 15 is 0 Å². The quantitative estimate of drug-likeness (QED) is 0.441. The van der Waals surface area contributed by atoms with Crippen molar-refractivity contribution in [2.45, 2.75) is 31.6 Å². The maximum absolute atomic E-state index is 14.8. The van der Waals surface area contributed by atoms with Crippen LogP contribution in [0.1, 0.15) is 30.9 Å². The summed E-state index contributed by atoms with van der Waals surface area (Å²) in [5.41, 5.74) is 2.12. The van der Waals surface area contributed by atoms with Crippen LogP contribution in [0.2, 0.25) is 0 Å². The summed E-state index contributed by atoms with van der Waals surface area (Å²) in [6.45, 7) is 5.22. The van der Waals surface area contributed by atoms with Crippen LogP contribution in [0.5, 0.6) is 11.5 Å². The Bertz CT molecular complexity index is 1330. The van der Waals surface area contributed by atoms with Gasteiger partial charge in [0.15, 0.2) is 11.5 Å². The molecule has 0 aliphatic rings. The minimum atomic E-state index is -4.36. The summed E-state index contributed by atoms with van der Waals surface area (Å²) < 4.78 is 53.3. The largest absolute Gasteiger partial charge is 0.493 e. The normalized spacial score (nSPS) is 11.3. The van der Waals surface area contributed by atoms with Crippen molar-refractivity contribution in [3.05, 3.63) is 77.6 Å². The highest BCUT2D eigenvalue weighted by molar-refractivity contribution is 7.92. The molecule has 3 aromatic rings. The van der Waals surface area contributed by atoms with Crippen LogP contribution in [0.4, 0.5) is 15.8 Å². The molecule has 35 heavy (non-hydrogen) atoms. The number of nitrogens with zero attached hydrogens (tertiary/aromatic N) is 1. The summed E-state index contributed by atoms with van der Waals surface area (Å²) in [5.74, 6) is -0.726. The van der Waals surface area contributed by atoms with Crippen molar-refractivity contribution < 1.29 is 27.1 Å². The molecule has 7 nitrogen and oxygen atoms in total. The van der Waals surface area contributed by atoms with E-state index in [1.54, 1.807) is 0 Å². The van der Waals surface area contributed by atoms with E-state index in [0.717, 1.165) is 21.5 Å². The average Bonchev–Trinajstić information content (AvgIpc) is 2.83. The number of carbonyl (C=O) groups excluding carboxylic acids is 1. The van der Waals surface area contributed by atoms with Gasteiger partial charge in [0, 0.05) is 11.8 Å². The van der Waals surface area contributed by atoms with Crippen molar-refractivity contribution in [3.8, 4) is 11.5 Å². The fraction of sp³-hybridized carbons (Fsp3) is 0.269. The molecule has 1 amide bonds. The topological polar surface area (TPSA) is 84.9 Å². The second kappa shape index (κ2) is 10.8. The number of hydrogen-bond donors (Lipinski definition) is 1. The van der Waals surface area contributed by atoms with Crippen LogP contribution in [0.3, 0.4) is 0 Å². The number of para-hydroxylation sites is 2. The van der Waals surface area contributed by atoms with Gasteiger partial charge in [0.05, 0.1) is 24.8 Å². The van der Waals surface area contributed by atoms with Gasteiger partial charge >= 0.3 is 0 Å². The number of ether oxygens (including phenoxy) is 2.